The highest BCUT2D eigenvalue weighted by molar-refractivity contribution is 5.63. The molecule has 3 aromatic heterocycles. The summed E-state index contributed by atoms with van der Waals surface area (Å²) in [4.78, 5) is 28.3. The molecule has 0 atom stereocenters. The Morgan fingerprint density at radius 2 is 2.06 bits per heavy atom. The Kier molecular flexibility index (Phi) is 5.79. The quantitative estimate of drug-likeness (QED) is 0.319. The summed E-state index contributed by atoms with van der Waals surface area (Å²) >= 11 is 0. The van der Waals surface area contributed by atoms with Crippen LogP contribution in [-0.2, 0) is 0 Å². The lowest BCUT2D eigenvalue weighted by Gasteiger charge is -2.22. The topological polar surface area (TPSA) is 127 Å². The number of aromatic hydroxyl groups is 1. The Morgan fingerprint density at radius 3 is 2.71 bits per heavy atom. The van der Waals surface area contributed by atoms with Gasteiger partial charge in [-0.15, -0.1) is 0 Å². The van der Waals surface area contributed by atoms with Gasteiger partial charge in [0.1, 0.15) is 11.5 Å². The van der Waals surface area contributed by atoms with E-state index in [1.807, 2.05) is 18.2 Å². The third-order valence-corrected chi connectivity index (χ3v) is 5.76. The van der Waals surface area contributed by atoms with E-state index in [0.29, 0.717) is 28.2 Å². The summed E-state index contributed by atoms with van der Waals surface area (Å²) in [5.41, 5.74) is 3.17. The van der Waals surface area contributed by atoms with Crippen molar-refractivity contribution < 1.29 is 5.11 Å². The molecular formula is C24H28N8O2. The van der Waals surface area contributed by atoms with E-state index in [2.05, 4.69) is 51.3 Å². The third-order valence-electron chi connectivity index (χ3n) is 5.76. The molecule has 3 heterocycles. The lowest BCUT2D eigenvalue weighted by atomic mass is 10.2. The summed E-state index contributed by atoms with van der Waals surface area (Å²) in [5.74, 6) is 0.410. The number of hydrogen-bond acceptors (Lipinski definition) is 7. The molecule has 0 aliphatic heterocycles. The van der Waals surface area contributed by atoms with Crippen LogP contribution in [0.25, 0.3) is 11.7 Å². The lowest BCUT2D eigenvalue weighted by molar-refractivity contribution is 0.454. The first-order chi connectivity index (χ1) is 16.5. The fourth-order valence-corrected chi connectivity index (χ4v) is 3.90. The van der Waals surface area contributed by atoms with Crippen LogP contribution in [0, 0.1) is 0 Å². The number of H-pyrrole nitrogens is 2. The van der Waals surface area contributed by atoms with Crippen LogP contribution < -0.4 is 26.6 Å². The standard InChI is InChI=1S/C24H28N8O2/c1-3-11-31(4-2)18-9-7-16(8-10-18)26-20-13-21(27-17-5-6-17)32-22(29-20)15(14-25-32)12-19-23(33)30-24(34)28-19/h7-10,12-14,17,26,33H,3-6,11H2,1-2H3,(H2,28,30,34). The first-order valence-corrected chi connectivity index (χ1v) is 11.6. The summed E-state index contributed by atoms with van der Waals surface area (Å²) < 4.78 is 1.68. The van der Waals surface area contributed by atoms with Crippen molar-refractivity contribution in [3.63, 3.8) is 0 Å². The summed E-state index contributed by atoms with van der Waals surface area (Å²) in [7, 11) is 0. The lowest BCUT2D eigenvalue weighted by Crippen LogP contribution is -2.23. The maximum absolute atomic E-state index is 11.5. The van der Waals surface area contributed by atoms with Crippen molar-refractivity contribution >= 4 is 28.9 Å². The van der Waals surface area contributed by atoms with E-state index in [1.165, 1.54) is 5.69 Å². The van der Waals surface area contributed by atoms with E-state index in [0.717, 1.165) is 38.0 Å². The highest BCUT2D eigenvalue weighted by Gasteiger charge is 2.20. The van der Waals surface area contributed by atoms with Crippen LogP contribution in [0.15, 0.2) is 46.3 Å². The molecule has 0 bridgehead atoms. The zero-order valence-electron chi connectivity index (χ0n) is 19.2. The maximum atomic E-state index is 11.5. The van der Waals surface area contributed by atoms with Gasteiger partial charge in [-0.05, 0) is 56.5 Å². The fraction of sp³-hybridized carbons (Fsp3) is 0.333. The third kappa shape index (κ3) is 4.52. The zero-order chi connectivity index (χ0) is 23.7. The largest absolute Gasteiger partial charge is 0.493 e. The van der Waals surface area contributed by atoms with Gasteiger partial charge < -0.3 is 20.3 Å². The average molecular weight is 461 g/mol. The van der Waals surface area contributed by atoms with Crippen molar-refractivity contribution in [2.45, 2.75) is 39.2 Å². The molecular weight excluding hydrogens is 432 g/mol. The van der Waals surface area contributed by atoms with E-state index in [1.54, 1.807) is 16.8 Å². The first-order valence-electron chi connectivity index (χ1n) is 11.6. The highest BCUT2D eigenvalue weighted by Crippen LogP contribution is 2.23. The zero-order valence-corrected chi connectivity index (χ0v) is 19.2. The van der Waals surface area contributed by atoms with Crippen molar-refractivity contribution in [3.05, 3.63) is 63.4 Å². The molecule has 5 rings (SSSR count). The summed E-state index contributed by atoms with van der Waals surface area (Å²) in [6.45, 7) is 6.33. The van der Waals surface area contributed by atoms with Crippen molar-refractivity contribution in [2.75, 3.05) is 23.3 Å². The second-order valence-corrected chi connectivity index (χ2v) is 8.43. The number of nitrogens with one attached hydrogen (secondary N) is 3. The van der Waals surface area contributed by atoms with Crippen molar-refractivity contribution in [1.29, 1.82) is 0 Å². The van der Waals surface area contributed by atoms with Crippen LogP contribution in [0.2, 0.25) is 0 Å². The molecule has 34 heavy (non-hydrogen) atoms. The van der Waals surface area contributed by atoms with E-state index in [-0.39, 0.29) is 11.6 Å². The van der Waals surface area contributed by atoms with Crippen LogP contribution in [0.5, 0.6) is 5.88 Å². The predicted octanol–water partition coefficient (Wildman–Crippen LogP) is 2.04. The fourth-order valence-electron chi connectivity index (χ4n) is 3.90. The van der Waals surface area contributed by atoms with Crippen molar-refractivity contribution in [2.24, 2.45) is 4.99 Å². The second-order valence-electron chi connectivity index (χ2n) is 8.43. The van der Waals surface area contributed by atoms with E-state index < -0.39 is 5.69 Å². The van der Waals surface area contributed by atoms with E-state index >= 15 is 0 Å². The minimum absolute atomic E-state index is 0.231. The van der Waals surface area contributed by atoms with Gasteiger partial charge >= 0.3 is 5.69 Å². The molecule has 10 nitrogen and oxygen atoms in total. The molecule has 1 aliphatic carbocycles. The number of anilines is 3. The molecule has 1 saturated carbocycles. The summed E-state index contributed by atoms with van der Waals surface area (Å²) in [5, 5.41) is 18.4. The van der Waals surface area contributed by atoms with Crippen LogP contribution in [0.3, 0.4) is 0 Å². The van der Waals surface area contributed by atoms with Crippen LogP contribution >= 0.6 is 0 Å². The minimum Gasteiger partial charge on any atom is -0.493 e. The molecule has 176 valence electrons. The maximum Gasteiger partial charge on any atom is 0.326 e. The summed E-state index contributed by atoms with van der Waals surface area (Å²) in [6.07, 6.45) is 6.51. The molecule has 0 radical (unpaired) electrons. The van der Waals surface area contributed by atoms with Gasteiger partial charge in [-0.1, -0.05) is 6.92 Å². The number of benzene rings is 1. The first kappa shape index (κ1) is 21.7. The number of imidazole rings is 1. The molecule has 0 unspecified atom stereocenters. The Labute approximate surface area is 195 Å². The normalized spacial score (nSPS) is 14.8. The van der Waals surface area contributed by atoms with Gasteiger partial charge in [-0.2, -0.15) is 9.61 Å². The monoisotopic (exact) mass is 460 g/mol. The smallest absolute Gasteiger partial charge is 0.326 e. The van der Waals surface area contributed by atoms with Gasteiger partial charge in [0.05, 0.1) is 12.2 Å². The molecule has 10 heteroatoms. The molecule has 1 aliphatic rings. The van der Waals surface area contributed by atoms with E-state index in [9.17, 15) is 9.90 Å². The Hall–Kier alpha value is -4.08. The molecule has 1 fully saturated rings. The van der Waals surface area contributed by atoms with Crippen molar-refractivity contribution in [3.8, 4) is 5.88 Å². The van der Waals surface area contributed by atoms with Gasteiger partial charge in [0, 0.05) is 35.7 Å². The van der Waals surface area contributed by atoms with Gasteiger partial charge in [-0.25, -0.2) is 9.78 Å². The minimum atomic E-state index is -0.482. The molecule has 4 N–H and O–H groups in total. The molecule has 0 spiro atoms. The molecule has 4 aromatic rings. The Morgan fingerprint density at radius 1 is 1.26 bits per heavy atom. The molecule has 1 aromatic carbocycles. The molecule has 0 amide bonds. The average Bonchev–Trinajstić information content (AvgIpc) is 3.46. The Balaban J connectivity index is 1.54. The van der Waals surface area contributed by atoms with Gasteiger partial charge in [0.2, 0.25) is 5.88 Å². The Bertz CT molecular complexity index is 1480. The van der Waals surface area contributed by atoms with Crippen molar-refractivity contribution in [1.82, 2.24) is 24.6 Å². The van der Waals surface area contributed by atoms with Crippen LogP contribution in [0.1, 0.15) is 38.8 Å². The SMILES string of the molecule is CCCN(CC)c1ccc(Nc2cc(=NC3CC3)n3ncc(=Cc4[nH]c(=O)[nH]c4O)c3n2)cc1. The summed E-state index contributed by atoms with van der Waals surface area (Å²) in [6, 6.07) is 10.5. The van der Waals surface area contributed by atoms with Crippen LogP contribution in [-0.4, -0.2) is 48.8 Å². The van der Waals surface area contributed by atoms with Gasteiger partial charge in [0.15, 0.2) is 11.1 Å². The number of aromatic amines is 2. The van der Waals surface area contributed by atoms with Crippen LogP contribution in [0.4, 0.5) is 17.2 Å². The highest BCUT2D eigenvalue weighted by atomic mass is 16.3. The number of rotatable bonds is 8. The number of aromatic nitrogens is 5. The number of fused-ring (bicyclic) bond motifs is 1. The van der Waals surface area contributed by atoms with E-state index in [4.69, 9.17) is 9.98 Å². The number of nitrogens with zero attached hydrogens (tertiary/aromatic N) is 5. The second kappa shape index (κ2) is 9.05. The number of hydrogen-bond donors (Lipinski definition) is 4. The molecule has 0 saturated heterocycles. The van der Waals surface area contributed by atoms with Gasteiger partial charge in [0.25, 0.3) is 0 Å². The van der Waals surface area contributed by atoms with Gasteiger partial charge in [-0.3, -0.25) is 9.98 Å². The predicted molar refractivity (Wildman–Crippen MR) is 131 cm³/mol.